The summed E-state index contributed by atoms with van der Waals surface area (Å²) in [5.74, 6) is -3.24. The fraction of sp³-hybridized carbons (Fsp3) is 0.194. The zero-order chi connectivity index (χ0) is 31.4. The summed E-state index contributed by atoms with van der Waals surface area (Å²) in [6.45, 7) is 0.380. The van der Waals surface area contributed by atoms with Gasteiger partial charge in [0.05, 0.1) is 0 Å². The second-order valence-electron chi connectivity index (χ2n) is 9.52. The third-order valence-electron chi connectivity index (χ3n) is 6.21. The van der Waals surface area contributed by atoms with Gasteiger partial charge >= 0.3 is 0 Å². The standard InChI is InChI=1S/C31H33N3O9/c35-23-8-3-19(16-26(23)38)6-11-29(41)32-14-1-2-22(31(43)33-15-13-21-5-10-25(37)28(40)18-21)34-30(42)12-7-20-4-9-24(36)27(39)17-20/h3-12,16-18,22,35-40H,1-2,13-15H2,(H,32,41)(H,33,43)(H,34,42)/b11-6+,12-7+/t22-/m0/s1. The average Bonchev–Trinajstić information content (AvgIpc) is 2.97. The molecule has 0 radical (unpaired) electrons. The largest absolute Gasteiger partial charge is 0.504 e. The lowest BCUT2D eigenvalue weighted by Gasteiger charge is -2.18. The molecule has 0 heterocycles. The van der Waals surface area contributed by atoms with Crippen LogP contribution in [0, 0.1) is 0 Å². The molecule has 1 atom stereocenters. The highest BCUT2D eigenvalue weighted by molar-refractivity contribution is 5.95. The van der Waals surface area contributed by atoms with E-state index in [1.807, 2.05) is 0 Å². The number of amides is 3. The van der Waals surface area contributed by atoms with Crippen molar-refractivity contribution in [2.24, 2.45) is 0 Å². The van der Waals surface area contributed by atoms with Crippen LogP contribution in [0.5, 0.6) is 34.5 Å². The van der Waals surface area contributed by atoms with E-state index in [-0.39, 0.29) is 54.0 Å². The van der Waals surface area contributed by atoms with Gasteiger partial charge in [-0.25, -0.2) is 0 Å². The van der Waals surface area contributed by atoms with Crippen molar-refractivity contribution in [3.63, 3.8) is 0 Å². The van der Waals surface area contributed by atoms with Gasteiger partial charge in [-0.1, -0.05) is 18.2 Å². The highest BCUT2D eigenvalue weighted by Crippen LogP contribution is 2.26. The van der Waals surface area contributed by atoms with Gasteiger partial charge in [0.15, 0.2) is 34.5 Å². The van der Waals surface area contributed by atoms with Gasteiger partial charge in [-0.3, -0.25) is 14.4 Å². The summed E-state index contributed by atoms with van der Waals surface area (Å²) in [6.07, 6.45) is 6.16. The van der Waals surface area contributed by atoms with E-state index < -0.39 is 23.8 Å². The van der Waals surface area contributed by atoms with Crippen LogP contribution in [0.2, 0.25) is 0 Å². The molecule has 12 nitrogen and oxygen atoms in total. The van der Waals surface area contributed by atoms with Gasteiger partial charge in [-0.15, -0.1) is 0 Å². The predicted octanol–water partition coefficient (Wildman–Crippen LogP) is 2.39. The summed E-state index contributed by atoms with van der Waals surface area (Å²) in [5, 5.41) is 65.2. The fourth-order valence-electron chi connectivity index (χ4n) is 3.88. The lowest BCUT2D eigenvalue weighted by molar-refractivity contribution is -0.127. The molecule has 0 aromatic heterocycles. The number of nitrogens with one attached hydrogen (secondary N) is 3. The quantitative estimate of drug-likeness (QED) is 0.0811. The molecular formula is C31H33N3O9. The predicted molar refractivity (Wildman–Crippen MR) is 158 cm³/mol. The zero-order valence-electron chi connectivity index (χ0n) is 23.0. The first-order valence-corrected chi connectivity index (χ1v) is 13.3. The Labute approximate surface area is 247 Å². The molecule has 3 aromatic carbocycles. The monoisotopic (exact) mass is 591 g/mol. The van der Waals surface area contributed by atoms with Crippen LogP contribution in [0.15, 0.2) is 66.7 Å². The molecule has 3 rings (SSSR count). The van der Waals surface area contributed by atoms with Crippen molar-refractivity contribution in [2.45, 2.75) is 25.3 Å². The molecule has 0 aliphatic rings. The van der Waals surface area contributed by atoms with Crippen molar-refractivity contribution in [3.8, 4) is 34.5 Å². The van der Waals surface area contributed by atoms with E-state index >= 15 is 0 Å². The van der Waals surface area contributed by atoms with Gasteiger partial charge in [0.2, 0.25) is 17.7 Å². The SMILES string of the molecule is O=C(/C=C/c1ccc(O)c(O)c1)NCCC[C@H](NC(=O)/C=C/c1ccc(O)c(O)c1)C(=O)NCCc1ccc(O)c(O)c1. The third-order valence-corrected chi connectivity index (χ3v) is 6.21. The minimum absolute atomic E-state index is 0.182. The maximum Gasteiger partial charge on any atom is 0.244 e. The number of hydrogen-bond acceptors (Lipinski definition) is 9. The maximum absolute atomic E-state index is 12.9. The van der Waals surface area contributed by atoms with Crippen LogP contribution < -0.4 is 16.0 Å². The summed E-state index contributed by atoms with van der Waals surface area (Å²) < 4.78 is 0. The number of hydrogen-bond donors (Lipinski definition) is 9. The molecule has 3 aromatic rings. The summed E-state index contributed by atoms with van der Waals surface area (Å²) in [6, 6.07) is 11.5. The van der Waals surface area contributed by atoms with Gasteiger partial charge in [-0.05, 0) is 84.5 Å². The molecule has 0 fully saturated rings. The number of benzene rings is 3. The Morgan fingerprint density at radius 1 is 0.628 bits per heavy atom. The van der Waals surface area contributed by atoms with Crippen LogP contribution in [0.4, 0.5) is 0 Å². The summed E-state index contributed by atoms with van der Waals surface area (Å²) in [7, 11) is 0. The average molecular weight is 592 g/mol. The summed E-state index contributed by atoms with van der Waals surface area (Å²) in [4.78, 5) is 37.7. The first-order chi connectivity index (χ1) is 20.5. The maximum atomic E-state index is 12.9. The van der Waals surface area contributed by atoms with Crippen LogP contribution >= 0.6 is 0 Å². The Morgan fingerprint density at radius 2 is 1.16 bits per heavy atom. The van der Waals surface area contributed by atoms with Gasteiger partial charge in [-0.2, -0.15) is 0 Å². The van der Waals surface area contributed by atoms with Crippen molar-refractivity contribution < 1.29 is 45.0 Å². The summed E-state index contributed by atoms with van der Waals surface area (Å²) >= 11 is 0. The molecule has 43 heavy (non-hydrogen) atoms. The van der Waals surface area contributed by atoms with Crippen molar-refractivity contribution in [2.75, 3.05) is 13.1 Å². The molecule has 0 saturated heterocycles. The van der Waals surface area contributed by atoms with E-state index in [9.17, 15) is 45.0 Å². The molecule has 0 unspecified atom stereocenters. The molecule has 226 valence electrons. The number of carbonyl (C=O) groups excluding carboxylic acids is 3. The Morgan fingerprint density at radius 3 is 1.72 bits per heavy atom. The third kappa shape index (κ3) is 10.4. The highest BCUT2D eigenvalue weighted by atomic mass is 16.3. The molecule has 0 aliphatic heterocycles. The number of carbonyl (C=O) groups is 3. The van der Waals surface area contributed by atoms with Crippen LogP contribution in [0.3, 0.4) is 0 Å². The van der Waals surface area contributed by atoms with E-state index in [1.165, 1.54) is 72.8 Å². The first kappa shape index (κ1) is 31.9. The molecule has 0 aliphatic carbocycles. The van der Waals surface area contributed by atoms with E-state index in [0.29, 0.717) is 29.5 Å². The minimum Gasteiger partial charge on any atom is -0.504 e. The number of rotatable bonds is 13. The van der Waals surface area contributed by atoms with Crippen LogP contribution in [-0.2, 0) is 20.8 Å². The van der Waals surface area contributed by atoms with E-state index in [0.717, 1.165) is 0 Å². The number of phenolic OH excluding ortho intramolecular Hbond substituents is 6. The molecule has 0 bridgehead atoms. The van der Waals surface area contributed by atoms with E-state index in [4.69, 9.17) is 0 Å². The number of phenols is 6. The van der Waals surface area contributed by atoms with E-state index in [1.54, 1.807) is 6.07 Å². The second kappa shape index (κ2) is 15.4. The highest BCUT2D eigenvalue weighted by Gasteiger charge is 2.19. The normalized spacial score (nSPS) is 11.8. The Kier molecular flexibility index (Phi) is 11.4. The summed E-state index contributed by atoms with van der Waals surface area (Å²) in [5.41, 5.74) is 1.62. The number of aromatic hydroxyl groups is 6. The zero-order valence-corrected chi connectivity index (χ0v) is 23.0. The second-order valence-corrected chi connectivity index (χ2v) is 9.52. The molecule has 0 spiro atoms. The van der Waals surface area contributed by atoms with Crippen LogP contribution in [-0.4, -0.2) is 67.5 Å². The van der Waals surface area contributed by atoms with Crippen LogP contribution in [0.25, 0.3) is 12.2 Å². The lowest BCUT2D eigenvalue weighted by atomic mass is 10.1. The molecule has 3 amide bonds. The van der Waals surface area contributed by atoms with Gasteiger partial charge in [0.1, 0.15) is 6.04 Å². The smallest absolute Gasteiger partial charge is 0.244 e. The van der Waals surface area contributed by atoms with Crippen molar-refractivity contribution in [3.05, 3.63) is 83.4 Å². The van der Waals surface area contributed by atoms with Gasteiger partial charge < -0.3 is 46.6 Å². The molecule has 9 N–H and O–H groups in total. The first-order valence-electron chi connectivity index (χ1n) is 13.3. The van der Waals surface area contributed by atoms with Gasteiger partial charge in [0.25, 0.3) is 0 Å². The molecular weight excluding hydrogens is 558 g/mol. The lowest BCUT2D eigenvalue weighted by Crippen LogP contribution is -2.47. The Bertz CT molecular complexity index is 1520. The van der Waals surface area contributed by atoms with Crippen molar-refractivity contribution in [1.29, 1.82) is 0 Å². The van der Waals surface area contributed by atoms with Crippen molar-refractivity contribution >= 4 is 29.9 Å². The molecule has 0 saturated carbocycles. The van der Waals surface area contributed by atoms with Crippen LogP contribution in [0.1, 0.15) is 29.5 Å². The molecule has 12 heteroatoms. The fourth-order valence-corrected chi connectivity index (χ4v) is 3.88. The van der Waals surface area contributed by atoms with Gasteiger partial charge in [0, 0.05) is 25.2 Å². The van der Waals surface area contributed by atoms with E-state index in [2.05, 4.69) is 16.0 Å². The van der Waals surface area contributed by atoms with Crippen molar-refractivity contribution in [1.82, 2.24) is 16.0 Å². The Balaban J connectivity index is 1.56. The topological polar surface area (TPSA) is 209 Å². The Hall–Kier alpha value is -5.65. The minimum atomic E-state index is -0.953.